The Morgan fingerprint density at radius 2 is 1.00 bits per heavy atom. The predicted octanol–water partition coefficient (Wildman–Crippen LogP) is 2.80. The Morgan fingerprint density at radius 3 is 1.27 bits per heavy atom. The Hall–Kier alpha value is -3.02. The molecule has 0 bridgehead atoms. The molecule has 0 fully saturated rings. The van der Waals surface area contributed by atoms with Gasteiger partial charge in [0.25, 0.3) is 0 Å². The minimum Gasteiger partial charge on any atom is -0.497 e. The number of rotatable bonds is 7. The van der Waals surface area contributed by atoms with Gasteiger partial charge in [-0.2, -0.15) is 0 Å². The maximum Gasteiger partial charge on any atom is 0.321 e. The Bertz CT molecular complexity index is 672. The van der Waals surface area contributed by atoms with Gasteiger partial charge in [-0.25, -0.2) is 0 Å². The highest BCUT2D eigenvalue weighted by Crippen LogP contribution is 2.35. The van der Waals surface area contributed by atoms with Crippen LogP contribution in [0.25, 0.3) is 0 Å². The molecule has 0 radical (unpaired) electrons. The van der Waals surface area contributed by atoms with Gasteiger partial charge in [0.15, 0.2) is 5.92 Å². The van der Waals surface area contributed by atoms with Gasteiger partial charge in [0, 0.05) is 5.92 Å². The van der Waals surface area contributed by atoms with Gasteiger partial charge in [-0.15, -0.1) is 0 Å². The molecule has 0 heterocycles. The summed E-state index contributed by atoms with van der Waals surface area (Å²) in [6.07, 6.45) is 0. The smallest absolute Gasteiger partial charge is 0.321 e. The molecule has 0 saturated carbocycles. The van der Waals surface area contributed by atoms with Crippen molar-refractivity contribution in [2.75, 3.05) is 28.4 Å². The molecule has 0 aliphatic heterocycles. The quantitative estimate of drug-likeness (QED) is 0.560. The van der Waals surface area contributed by atoms with Gasteiger partial charge in [-0.1, -0.05) is 24.3 Å². The molecule has 0 unspecified atom stereocenters. The molecule has 0 aromatic heterocycles. The molecule has 26 heavy (non-hydrogen) atoms. The summed E-state index contributed by atoms with van der Waals surface area (Å²) in [5, 5.41) is 0. The number of esters is 2. The van der Waals surface area contributed by atoms with Crippen molar-refractivity contribution in [3.05, 3.63) is 59.7 Å². The molecule has 0 saturated heterocycles. The van der Waals surface area contributed by atoms with E-state index in [9.17, 15) is 9.59 Å². The van der Waals surface area contributed by atoms with Crippen molar-refractivity contribution in [2.45, 2.75) is 5.92 Å². The summed E-state index contributed by atoms with van der Waals surface area (Å²) in [6.45, 7) is 0. The van der Waals surface area contributed by atoms with Gasteiger partial charge < -0.3 is 18.9 Å². The Kier molecular flexibility index (Phi) is 6.60. The molecule has 0 amide bonds. The van der Waals surface area contributed by atoms with E-state index in [4.69, 9.17) is 18.9 Å². The first-order valence-electron chi connectivity index (χ1n) is 7.99. The average Bonchev–Trinajstić information content (AvgIpc) is 2.71. The van der Waals surface area contributed by atoms with Crippen molar-refractivity contribution < 1.29 is 28.5 Å². The van der Waals surface area contributed by atoms with Gasteiger partial charge >= 0.3 is 11.9 Å². The maximum atomic E-state index is 12.4. The lowest BCUT2D eigenvalue weighted by Gasteiger charge is -2.24. The summed E-state index contributed by atoms with van der Waals surface area (Å²) in [6, 6.07) is 14.3. The van der Waals surface area contributed by atoms with Crippen LogP contribution in [-0.2, 0) is 19.1 Å². The van der Waals surface area contributed by atoms with E-state index in [0.29, 0.717) is 11.5 Å². The second kappa shape index (κ2) is 8.89. The zero-order valence-corrected chi connectivity index (χ0v) is 15.2. The lowest BCUT2D eigenvalue weighted by atomic mass is 9.80. The largest absolute Gasteiger partial charge is 0.497 e. The van der Waals surface area contributed by atoms with Crippen LogP contribution in [0.2, 0.25) is 0 Å². The molecular weight excluding hydrogens is 336 g/mol. The standard InChI is InChI=1S/C20H22O6/c1-23-15-9-5-13(6-10-15)17(14-7-11-16(24-2)12-8-14)18(19(21)25-3)20(22)26-4/h5-12,17-18H,1-4H3. The fraction of sp³-hybridized carbons (Fsp3) is 0.300. The summed E-state index contributed by atoms with van der Waals surface area (Å²) in [5.41, 5.74) is 1.52. The average molecular weight is 358 g/mol. The van der Waals surface area contributed by atoms with Crippen LogP contribution < -0.4 is 9.47 Å². The first-order chi connectivity index (χ1) is 12.5. The molecule has 2 rings (SSSR count). The molecule has 0 atom stereocenters. The van der Waals surface area contributed by atoms with E-state index in [1.807, 2.05) is 24.3 Å². The predicted molar refractivity (Wildman–Crippen MR) is 95.4 cm³/mol. The number of hydrogen-bond acceptors (Lipinski definition) is 6. The Balaban J connectivity index is 2.57. The van der Waals surface area contributed by atoms with Crippen molar-refractivity contribution in [3.8, 4) is 11.5 Å². The second-order valence-electron chi connectivity index (χ2n) is 5.55. The second-order valence-corrected chi connectivity index (χ2v) is 5.55. The van der Waals surface area contributed by atoms with E-state index in [2.05, 4.69) is 0 Å². The SMILES string of the molecule is COC(=O)C(C(=O)OC)C(c1ccc(OC)cc1)c1ccc(OC)cc1. The third kappa shape index (κ3) is 4.14. The molecule has 0 aliphatic rings. The van der Waals surface area contributed by atoms with Gasteiger partial charge in [0.1, 0.15) is 11.5 Å². The number of benzene rings is 2. The first kappa shape index (κ1) is 19.3. The van der Waals surface area contributed by atoms with Gasteiger partial charge in [0.2, 0.25) is 0 Å². The molecular formula is C20H22O6. The summed E-state index contributed by atoms with van der Waals surface area (Å²) in [5.74, 6) is -1.68. The van der Waals surface area contributed by atoms with Crippen LogP contribution in [0.1, 0.15) is 17.0 Å². The van der Waals surface area contributed by atoms with Crippen LogP contribution in [0, 0.1) is 5.92 Å². The highest BCUT2D eigenvalue weighted by Gasteiger charge is 2.38. The minimum absolute atomic E-state index is 0.577. The van der Waals surface area contributed by atoms with E-state index in [0.717, 1.165) is 11.1 Å². The summed E-state index contributed by atoms with van der Waals surface area (Å²) in [4.78, 5) is 24.7. The van der Waals surface area contributed by atoms with Crippen LogP contribution in [0.5, 0.6) is 11.5 Å². The normalized spacial score (nSPS) is 10.5. The molecule has 6 heteroatoms. The Morgan fingerprint density at radius 1 is 0.654 bits per heavy atom. The van der Waals surface area contributed by atoms with Gasteiger partial charge in [-0.3, -0.25) is 9.59 Å². The number of ether oxygens (including phenoxy) is 4. The molecule has 0 aliphatic carbocycles. The molecule has 0 spiro atoms. The summed E-state index contributed by atoms with van der Waals surface area (Å²) < 4.78 is 20.1. The molecule has 0 N–H and O–H groups in total. The van der Waals surface area contributed by atoms with E-state index < -0.39 is 23.8 Å². The number of methoxy groups -OCH3 is 4. The summed E-state index contributed by atoms with van der Waals surface area (Å²) in [7, 11) is 5.64. The zero-order valence-electron chi connectivity index (χ0n) is 15.2. The van der Waals surface area contributed by atoms with Gasteiger partial charge in [0.05, 0.1) is 28.4 Å². The van der Waals surface area contributed by atoms with Crippen molar-refractivity contribution in [3.63, 3.8) is 0 Å². The lowest BCUT2D eigenvalue weighted by molar-refractivity contribution is -0.159. The third-order valence-electron chi connectivity index (χ3n) is 4.19. The summed E-state index contributed by atoms with van der Waals surface area (Å²) >= 11 is 0. The fourth-order valence-electron chi connectivity index (χ4n) is 2.82. The first-order valence-corrected chi connectivity index (χ1v) is 7.99. The molecule has 6 nitrogen and oxygen atoms in total. The van der Waals surface area contributed by atoms with Crippen molar-refractivity contribution in [1.82, 2.24) is 0 Å². The van der Waals surface area contributed by atoms with E-state index >= 15 is 0 Å². The highest BCUT2D eigenvalue weighted by molar-refractivity contribution is 5.96. The van der Waals surface area contributed by atoms with Crippen LogP contribution in [0.15, 0.2) is 48.5 Å². The lowest BCUT2D eigenvalue weighted by Crippen LogP contribution is -2.33. The van der Waals surface area contributed by atoms with Crippen molar-refractivity contribution in [1.29, 1.82) is 0 Å². The van der Waals surface area contributed by atoms with Crippen LogP contribution in [0.3, 0.4) is 0 Å². The van der Waals surface area contributed by atoms with Gasteiger partial charge in [-0.05, 0) is 35.4 Å². The van der Waals surface area contributed by atoms with E-state index in [-0.39, 0.29) is 0 Å². The minimum atomic E-state index is -1.13. The van der Waals surface area contributed by atoms with E-state index in [1.54, 1.807) is 38.5 Å². The van der Waals surface area contributed by atoms with Crippen molar-refractivity contribution >= 4 is 11.9 Å². The van der Waals surface area contributed by atoms with E-state index in [1.165, 1.54) is 14.2 Å². The number of carbonyl (C=O) groups excluding carboxylic acids is 2. The Labute approximate surface area is 152 Å². The number of hydrogen-bond donors (Lipinski definition) is 0. The maximum absolute atomic E-state index is 12.4. The fourth-order valence-corrected chi connectivity index (χ4v) is 2.82. The van der Waals surface area contributed by atoms with Crippen LogP contribution in [0.4, 0.5) is 0 Å². The van der Waals surface area contributed by atoms with Crippen molar-refractivity contribution in [2.24, 2.45) is 5.92 Å². The highest BCUT2D eigenvalue weighted by atomic mass is 16.5. The zero-order chi connectivity index (χ0) is 19.1. The number of carbonyl (C=O) groups is 2. The molecule has 2 aromatic rings. The monoisotopic (exact) mass is 358 g/mol. The topological polar surface area (TPSA) is 71.1 Å². The molecule has 2 aromatic carbocycles. The van der Waals surface area contributed by atoms with Crippen LogP contribution >= 0.6 is 0 Å². The third-order valence-corrected chi connectivity index (χ3v) is 4.19. The van der Waals surface area contributed by atoms with Crippen LogP contribution in [-0.4, -0.2) is 40.4 Å². The molecule has 138 valence electrons.